The normalized spacial score (nSPS) is 11.7. The van der Waals surface area contributed by atoms with E-state index in [4.69, 9.17) is 32.7 Å². The number of carbonyl (C=O) groups excluding carboxylic acids is 2. The van der Waals surface area contributed by atoms with E-state index in [1.54, 1.807) is 27.0 Å². The van der Waals surface area contributed by atoms with Crippen LogP contribution in [-0.2, 0) is 16.1 Å². The summed E-state index contributed by atoms with van der Waals surface area (Å²) in [5, 5.41) is 6.15. The highest BCUT2D eigenvalue weighted by atomic mass is 35.5. The molecule has 33 heavy (non-hydrogen) atoms. The summed E-state index contributed by atoms with van der Waals surface area (Å²) in [5.74, 6) is 0.525. The number of carbonyl (C=O) groups is 2. The maximum Gasteiger partial charge on any atom is 0.244 e. The number of amides is 2. The number of halogens is 2. The highest BCUT2D eigenvalue weighted by molar-refractivity contribution is 6.39. The monoisotopic (exact) mass is 490 g/mol. The topological polar surface area (TPSA) is 76.7 Å². The second-order valence-electron chi connectivity index (χ2n) is 7.25. The van der Waals surface area contributed by atoms with Crippen LogP contribution >= 0.6 is 23.2 Å². The van der Waals surface area contributed by atoms with Gasteiger partial charge in [-0.2, -0.15) is 0 Å². The largest absolute Gasteiger partial charge is 0.497 e. The fourth-order valence-corrected chi connectivity index (χ4v) is 3.92. The molecule has 0 spiro atoms. The molecule has 8 heteroatoms. The van der Waals surface area contributed by atoms with Crippen molar-refractivity contribution >= 4 is 46.2 Å². The summed E-state index contributed by atoms with van der Waals surface area (Å²) in [4.78, 5) is 24.5. The zero-order valence-electron chi connectivity index (χ0n) is 19.3. The number of nitrogens with one attached hydrogen (secondary N) is 2. The van der Waals surface area contributed by atoms with Crippen LogP contribution < -0.4 is 20.1 Å². The standard InChI is InChI=1S/C25H28Cl2N2O4/c1-6-28-21(30)11-15(2)19-13-20(24(27)25(33-5)23(19)26)16(3)12-22(31)29-14-17-7-9-18(32-4)10-8-17/h7-13H,6,14H2,1-5H3,(H,28,30)(H,29,31)/b15-11-,16-12-. The minimum Gasteiger partial charge on any atom is -0.497 e. The molecule has 0 aromatic heterocycles. The van der Waals surface area contributed by atoms with Gasteiger partial charge in [0.05, 0.1) is 24.3 Å². The first-order valence-electron chi connectivity index (χ1n) is 10.3. The molecule has 2 aromatic rings. The van der Waals surface area contributed by atoms with Crippen LogP contribution in [-0.4, -0.2) is 32.6 Å². The predicted octanol–water partition coefficient (Wildman–Crippen LogP) is 5.27. The number of hydrogen-bond donors (Lipinski definition) is 2. The number of rotatable bonds is 9. The lowest BCUT2D eigenvalue weighted by atomic mass is 9.98. The van der Waals surface area contributed by atoms with Crippen molar-refractivity contribution in [2.75, 3.05) is 20.8 Å². The van der Waals surface area contributed by atoms with Gasteiger partial charge in [-0.15, -0.1) is 0 Å². The Bertz CT molecular complexity index is 1080. The molecule has 0 aliphatic carbocycles. The molecule has 0 heterocycles. The number of likely N-dealkylation sites (N-methyl/N-ethyl adjacent to an activating group) is 1. The van der Waals surface area contributed by atoms with Crippen molar-refractivity contribution in [2.45, 2.75) is 27.3 Å². The Morgan fingerprint density at radius 3 is 1.85 bits per heavy atom. The summed E-state index contributed by atoms with van der Waals surface area (Å²) >= 11 is 13.0. The summed E-state index contributed by atoms with van der Waals surface area (Å²) < 4.78 is 10.5. The first-order valence-corrected chi connectivity index (χ1v) is 11.1. The molecular formula is C25H28Cl2N2O4. The molecule has 0 atom stereocenters. The maximum absolute atomic E-state index is 12.5. The molecule has 0 saturated carbocycles. The average Bonchev–Trinajstić information content (AvgIpc) is 2.78. The van der Waals surface area contributed by atoms with Crippen LogP contribution in [0.3, 0.4) is 0 Å². The van der Waals surface area contributed by atoms with Crippen LogP contribution in [0.1, 0.15) is 37.5 Å². The molecule has 0 aliphatic rings. The van der Waals surface area contributed by atoms with Gasteiger partial charge in [0.15, 0.2) is 5.75 Å². The van der Waals surface area contributed by atoms with E-state index in [1.165, 1.54) is 19.3 Å². The summed E-state index contributed by atoms with van der Waals surface area (Å²) in [7, 11) is 3.06. The molecule has 0 radical (unpaired) electrons. The second-order valence-corrected chi connectivity index (χ2v) is 8.00. The Morgan fingerprint density at radius 1 is 0.879 bits per heavy atom. The zero-order valence-corrected chi connectivity index (χ0v) is 20.9. The highest BCUT2D eigenvalue weighted by Gasteiger charge is 2.19. The Hall–Kier alpha value is -2.96. The predicted molar refractivity (Wildman–Crippen MR) is 134 cm³/mol. The van der Waals surface area contributed by atoms with Gasteiger partial charge in [-0.05, 0) is 55.7 Å². The summed E-state index contributed by atoms with van der Waals surface area (Å²) in [6.07, 6.45) is 2.92. The average molecular weight is 491 g/mol. The van der Waals surface area contributed by atoms with Gasteiger partial charge in [0.25, 0.3) is 0 Å². The van der Waals surface area contributed by atoms with Gasteiger partial charge >= 0.3 is 0 Å². The van der Waals surface area contributed by atoms with E-state index in [1.807, 2.05) is 31.2 Å². The van der Waals surface area contributed by atoms with Crippen molar-refractivity contribution in [3.8, 4) is 11.5 Å². The third-order valence-corrected chi connectivity index (χ3v) is 5.64. The van der Waals surface area contributed by atoms with E-state index >= 15 is 0 Å². The molecule has 0 fully saturated rings. The van der Waals surface area contributed by atoms with Gasteiger partial charge < -0.3 is 20.1 Å². The SMILES string of the molecule is CCNC(=O)/C=C(/C)c1cc(/C(C)=C\C(=O)NCc2ccc(OC)cc2)c(Cl)c(OC)c1Cl. The van der Waals surface area contributed by atoms with Crippen LogP contribution in [0, 0.1) is 0 Å². The molecule has 0 bridgehead atoms. The van der Waals surface area contributed by atoms with E-state index in [2.05, 4.69) is 10.6 Å². The Balaban J connectivity index is 2.31. The molecule has 2 rings (SSSR count). The third-order valence-electron chi connectivity index (χ3n) is 4.89. The van der Waals surface area contributed by atoms with Gasteiger partial charge in [-0.3, -0.25) is 9.59 Å². The van der Waals surface area contributed by atoms with Gasteiger partial charge in [-0.1, -0.05) is 35.3 Å². The number of methoxy groups -OCH3 is 2. The third kappa shape index (κ3) is 7.01. The Morgan fingerprint density at radius 2 is 1.39 bits per heavy atom. The molecule has 0 aliphatic heterocycles. The summed E-state index contributed by atoms with van der Waals surface area (Å²) in [6, 6.07) is 9.18. The smallest absolute Gasteiger partial charge is 0.244 e. The van der Waals surface area contributed by atoms with Crippen LogP contribution in [0.5, 0.6) is 11.5 Å². The first kappa shape index (κ1) is 26.3. The number of hydrogen-bond acceptors (Lipinski definition) is 4. The number of allylic oxidation sites excluding steroid dienone is 2. The quantitative estimate of drug-likeness (QED) is 0.469. The van der Waals surface area contributed by atoms with Crippen molar-refractivity contribution in [1.29, 1.82) is 0 Å². The fraction of sp³-hybridized carbons (Fsp3) is 0.280. The van der Waals surface area contributed by atoms with Crippen molar-refractivity contribution in [3.63, 3.8) is 0 Å². The number of ether oxygens (including phenoxy) is 2. The molecule has 2 N–H and O–H groups in total. The molecule has 2 aromatic carbocycles. The lowest BCUT2D eigenvalue weighted by molar-refractivity contribution is -0.117. The lowest BCUT2D eigenvalue weighted by Gasteiger charge is -2.16. The number of benzene rings is 2. The van der Waals surface area contributed by atoms with Crippen molar-refractivity contribution in [1.82, 2.24) is 10.6 Å². The van der Waals surface area contributed by atoms with Crippen LogP contribution in [0.4, 0.5) is 0 Å². The first-order chi connectivity index (χ1) is 15.7. The van der Waals surface area contributed by atoms with Gasteiger partial charge in [0.2, 0.25) is 11.8 Å². The lowest BCUT2D eigenvalue weighted by Crippen LogP contribution is -2.20. The Labute approximate surface area is 204 Å². The maximum atomic E-state index is 12.5. The Kier molecular flexibility index (Phi) is 9.82. The van der Waals surface area contributed by atoms with Crippen molar-refractivity contribution in [3.05, 3.63) is 69.2 Å². The van der Waals surface area contributed by atoms with E-state index in [0.717, 1.165) is 11.3 Å². The summed E-state index contributed by atoms with van der Waals surface area (Å²) in [6.45, 7) is 6.26. The fourth-order valence-electron chi connectivity index (χ4n) is 3.12. The van der Waals surface area contributed by atoms with E-state index in [0.29, 0.717) is 40.4 Å². The minimum absolute atomic E-state index is 0.230. The molecule has 176 valence electrons. The molecule has 0 saturated heterocycles. The summed E-state index contributed by atoms with van der Waals surface area (Å²) in [5.41, 5.74) is 3.37. The van der Waals surface area contributed by atoms with Crippen molar-refractivity contribution in [2.24, 2.45) is 0 Å². The van der Waals surface area contributed by atoms with Gasteiger partial charge in [0.1, 0.15) is 5.75 Å². The van der Waals surface area contributed by atoms with E-state index in [9.17, 15) is 9.59 Å². The molecule has 6 nitrogen and oxygen atoms in total. The van der Waals surface area contributed by atoms with E-state index < -0.39 is 0 Å². The zero-order chi connectivity index (χ0) is 24.5. The molecular weight excluding hydrogens is 463 g/mol. The molecule has 2 amide bonds. The van der Waals surface area contributed by atoms with Crippen LogP contribution in [0.25, 0.3) is 11.1 Å². The van der Waals surface area contributed by atoms with Gasteiger partial charge in [0, 0.05) is 36.4 Å². The van der Waals surface area contributed by atoms with Crippen LogP contribution in [0.2, 0.25) is 10.0 Å². The highest BCUT2D eigenvalue weighted by Crippen LogP contribution is 2.42. The molecule has 0 unspecified atom stereocenters. The minimum atomic E-state index is -0.274. The van der Waals surface area contributed by atoms with Gasteiger partial charge in [-0.25, -0.2) is 0 Å². The van der Waals surface area contributed by atoms with Crippen molar-refractivity contribution < 1.29 is 19.1 Å². The van der Waals surface area contributed by atoms with E-state index in [-0.39, 0.29) is 22.6 Å². The van der Waals surface area contributed by atoms with Crippen LogP contribution in [0.15, 0.2) is 42.5 Å². The second kappa shape index (κ2) is 12.3.